The van der Waals surface area contributed by atoms with Crippen molar-refractivity contribution in [3.8, 4) is 0 Å². The van der Waals surface area contributed by atoms with E-state index >= 15 is 0 Å². The highest BCUT2D eigenvalue weighted by Gasteiger charge is 2.38. The maximum atomic E-state index is 11.9. The van der Waals surface area contributed by atoms with Gasteiger partial charge >= 0.3 is 0 Å². The van der Waals surface area contributed by atoms with Crippen molar-refractivity contribution in [3.63, 3.8) is 0 Å². The third-order valence-corrected chi connectivity index (χ3v) is 3.65. The van der Waals surface area contributed by atoms with Gasteiger partial charge in [-0.25, -0.2) is 0 Å². The molecule has 0 aromatic heterocycles. The van der Waals surface area contributed by atoms with Gasteiger partial charge in [0, 0.05) is 11.5 Å². The zero-order valence-corrected chi connectivity index (χ0v) is 10.6. The maximum Gasteiger partial charge on any atom is 0.249 e. The Morgan fingerprint density at radius 2 is 2.07 bits per heavy atom. The number of hydrogen-bond acceptors (Lipinski definition) is 2. The van der Waals surface area contributed by atoms with E-state index in [1.165, 1.54) is 0 Å². The lowest BCUT2D eigenvalue weighted by Crippen LogP contribution is -2.54. The Morgan fingerprint density at radius 3 is 2.73 bits per heavy atom. The number of hydrogen-bond donors (Lipinski definition) is 1. The number of rotatable bonds is 0. The van der Waals surface area contributed by atoms with Crippen LogP contribution in [-0.2, 0) is 4.79 Å². The molecule has 80 valence electrons. The Hall–Kier alpha value is -1.03. The Kier molecular flexibility index (Phi) is 2.26. The minimum atomic E-state index is -0.506. The summed E-state index contributed by atoms with van der Waals surface area (Å²) in [6.45, 7) is 3.82. The molecular formula is C11H13BrN2O. The number of benzene rings is 1. The molecule has 1 aromatic carbocycles. The van der Waals surface area contributed by atoms with Gasteiger partial charge in [0.2, 0.25) is 5.91 Å². The minimum Gasteiger partial charge on any atom is -0.359 e. The molecule has 3 nitrogen and oxygen atoms in total. The standard InChI is InChI=1S/C11H13BrN2O/c1-11(2)10(15)13-9-7(12)5-4-6-8(9)14(11)3/h4-6H,1-3H3,(H,13,15). The first-order chi connectivity index (χ1) is 6.94. The van der Waals surface area contributed by atoms with Crippen LogP contribution in [0.25, 0.3) is 0 Å². The van der Waals surface area contributed by atoms with E-state index in [0.29, 0.717) is 0 Å². The van der Waals surface area contributed by atoms with Crippen molar-refractivity contribution in [2.45, 2.75) is 19.4 Å². The van der Waals surface area contributed by atoms with Crippen molar-refractivity contribution in [1.29, 1.82) is 0 Å². The quantitative estimate of drug-likeness (QED) is 0.785. The predicted molar refractivity (Wildman–Crippen MR) is 65.3 cm³/mol. The van der Waals surface area contributed by atoms with E-state index < -0.39 is 5.54 Å². The molecule has 0 bridgehead atoms. The number of nitrogens with zero attached hydrogens (tertiary/aromatic N) is 1. The third-order valence-electron chi connectivity index (χ3n) is 2.99. The van der Waals surface area contributed by atoms with E-state index in [-0.39, 0.29) is 5.91 Å². The summed E-state index contributed by atoms with van der Waals surface area (Å²) in [5.41, 5.74) is 1.38. The summed E-state index contributed by atoms with van der Waals surface area (Å²) in [6, 6.07) is 5.89. The Bertz CT molecular complexity index is 429. The second kappa shape index (κ2) is 3.23. The molecule has 0 spiro atoms. The fraction of sp³-hybridized carbons (Fsp3) is 0.364. The van der Waals surface area contributed by atoms with Gasteiger partial charge in [-0.05, 0) is 41.9 Å². The predicted octanol–water partition coefficient (Wildman–Crippen LogP) is 2.62. The van der Waals surface area contributed by atoms with Crippen LogP contribution >= 0.6 is 15.9 Å². The molecular weight excluding hydrogens is 256 g/mol. The van der Waals surface area contributed by atoms with E-state index in [1.807, 2.05) is 44.0 Å². The highest BCUT2D eigenvalue weighted by molar-refractivity contribution is 9.10. The topological polar surface area (TPSA) is 32.3 Å². The van der Waals surface area contributed by atoms with Gasteiger partial charge in [0.05, 0.1) is 11.4 Å². The lowest BCUT2D eigenvalue weighted by atomic mass is 9.97. The summed E-state index contributed by atoms with van der Waals surface area (Å²) in [7, 11) is 1.93. The van der Waals surface area contributed by atoms with E-state index in [0.717, 1.165) is 15.8 Å². The molecule has 15 heavy (non-hydrogen) atoms. The van der Waals surface area contributed by atoms with Crippen molar-refractivity contribution in [2.24, 2.45) is 0 Å². The second-order valence-corrected chi connectivity index (χ2v) is 5.06. The van der Waals surface area contributed by atoms with E-state index in [1.54, 1.807) is 0 Å². The molecule has 1 aromatic rings. The minimum absolute atomic E-state index is 0.0180. The molecule has 1 heterocycles. The molecule has 1 aliphatic rings. The molecule has 0 saturated heterocycles. The third kappa shape index (κ3) is 1.44. The van der Waals surface area contributed by atoms with Crippen LogP contribution in [0.1, 0.15) is 13.8 Å². The van der Waals surface area contributed by atoms with Crippen LogP contribution in [0.5, 0.6) is 0 Å². The van der Waals surface area contributed by atoms with Crippen molar-refractivity contribution in [1.82, 2.24) is 0 Å². The van der Waals surface area contributed by atoms with Crippen LogP contribution in [-0.4, -0.2) is 18.5 Å². The van der Waals surface area contributed by atoms with Crippen molar-refractivity contribution in [3.05, 3.63) is 22.7 Å². The fourth-order valence-electron chi connectivity index (χ4n) is 1.64. The molecule has 0 radical (unpaired) electrons. The summed E-state index contributed by atoms with van der Waals surface area (Å²) in [5.74, 6) is 0.0180. The number of anilines is 2. The first-order valence-corrected chi connectivity index (χ1v) is 5.57. The van der Waals surface area contributed by atoms with E-state index in [2.05, 4.69) is 21.2 Å². The molecule has 0 atom stereocenters. The molecule has 0 fully saturated rings. The van der Waals surface area contributed by atoms with Gasteiger partial charge in [0.25, 0.3) is 0 Å². The summed E-state index contributed by atoms with van der Waals surface area (Å²) >= 11 is 3.43. The van der Waals surface area contributed by atoms with Gasteiger partial charge in [-0.2, -0.15) is 0 Å². The van der Waals surface area contributed by atoms with Crippen LogP contribution in [0.4, 0.5) is 11.4 Å². The summed E-state index contributed by atoms with van der Waals surface area (Å²) in [5, 5.41) is 2.92. The van der Waals surface area contributed by atoms with E-state index in [9.17, 15) is 4.79 Å². The Balaban J connectivity index is 2.61. The largest absolute Gasteiger partial charge is 0.359 e. The van der Waals surface area contributed by atoms with Crippen molar-refractivity contribution in [2.75, 3.05) is 17.3 Å². The lowest BCUT2D eigenvalue weighted by Gasteiger charge is -2.41. The normalized spacial score (nSPS) is 18.4. The van der Waals surface area contributed by atoms with Gasteiger partial charge in [-0.3, -0.25) is 4.79 Å². The van der Waals surface area contributed by atoms with Crippen LogP contribution in [0, 0.1) is 0 Å². The fourth-order valence-corrected chi connectivity index (χ4v) is 2.09. The molecule has 4 heteroatoms. The van der Waals surface area contributed by atoms with Crippen LogP contribution in [0.2, 0.25) is 0 Å². The van der Waals surface area contributed by atoms with Gasteiger partial charge in [-0.15, -0.1) is 0 Å². The number of likely N-dealkylation sites (N-methyl/N-ethyl adjacent to an activating group) is 1. The summed E-state index contributed by atoms with van der Waals surface area (Å²) in [4.78, 5) is 13.9. The Morgan fingerprint density at radius 1 is 1.40 bits per heavy atom. The molecule has 0 saturated carbocycles. The van der Waals surface area contributed by atoms with Crippen LogP contribution < -0.4 is 10.2 Å². The summed E-state index contributed by atoms with van der Waals surface area (Å²) in [6.07, 6.45) is 0. The number of nitrogens with one attached hydrogen (secondary N) is 1. The summed E-state index contributed by atoms with van der Waals surface area (Å²) < 4.78 is 0.913. The van der Waals surface area contributed by atoms with Crippen molar-refractivity contribution < 1.29 is 4.79 Å². The number of para-hydroxylation sites is 1. The van der Waals surface area contributed by atoms with Gasteiger partial charge in [0.15, 0.2) is 0 Å². The monoisotopic (exact) mass is 268 g/mol. The average molecular weight is 269 g/mol. The molecule has 2 rings (SSSR count). The number of amides is 1. The average Bonchev–Trinajstić information content (AvgIpc) is 2.18. The SMILES string of the molecule is CN1c2cccc(Br)c2NC(=O)C1(C)C. The highest BCUT2D eigenvalue weighted by atomic mass is 79.9. The highest BCUT2D eigenvalue weighted by Crippen LogP contribution is 2.39. The number of carbonyl (C=O) groups excluding carboxylic acids is 1. The Labute approximate surface area is 97.6 Å². The first kappa shape index (κ1) is 10.5. The molecule has 1 amide bonds. The van der Waals surface area contributed by atoms with E-state index in [4.69, 9.17) is 0 Å². The molecule has 1 aliphatic heterocycles. The lowest BCUT2D eigenvalue weighted by molar-refractivity contribution is -0.120. The van der Waals surface area contributed by atoms with Crippen molar-refractivity contribution >= 4 is 33.2 Å². The number of halogens is 1. The molecule has 1 N–H and O–H groups in total. The first-order valence-electron chi connectivity index (χ1n) is 4.78. The zero-order chi connectivity index (χ0) is 11.2. The van der Waals surface area contributed by atoms with Gasteiger partial charge in [-0.1, -0.05) is 6.07 Å². The smallest absolute Gasteiger partial charge is 0.249 e. The zero-order valence-electron chi connectivity index (χ0n) is 8.97. The van der Waals surface area contributed by atoms with Crippen LogP contribution in [0.3, 0.4) is 0 Å². The molecule has 0 aliphatic carbocycles. The number of fused-ring (bicyclic) bond motifs is 1. The second-order valence-electron chi connectivity index (χ2n) is 4.21. The number of carbonyl (C=O) groups is 1. The molecule has 0 unspecified atom stereocenters. The van der Waals surface area contributed by atoms with Crippen LogP contribution in [0.15, 0.2) is 22.7 Å². The van der Waals surface area contributed by atoms with Gasteiger partial charge < -0.3 is 10.2 Å². The maximum absolute atomic E-state index is 11.9. The van der Waals surface area contributed by atoms with Gasteiger partial charge in [0.1, 0.15) is 5.54 Å².